The lowest BCUT2D eigenvalue weighted by Crippen LogP contribution is -2.54. The maximum absolute atomic E-state index is 13.2. The summed E-state index contributed by atoms with van der Waals surface area (Å²) in [5.41, 5.74) is 3.81. The van der Waals surface area contributed by atoms with Gasteiger partial charge in [0.1, 0.15) is 0 Å². The Morgan fingerprint density at radius 3 is 2.96 bits per heavy atom. The van der Waals surface area contributed by atoms with Crippen molar-refractivity contribution in [1.82, 2.24) is 15.3 Å². The molecule has 3 aliphatic heterocycles. The van der Waals surface area contributed by atoms with Gasteiger partial charge in [-0.2, -0.15) is 0 Å². The molecule has 2 bridgehead atoms. The second-order valence-electron chi connectivity index (χ2n) is 7.85. The fraction of sp³-hybridized carbons (Fsp3) is 0.476. The predicted octanol–water partition coefficient (Wildman–Crippen LogP) is 2.74. The molecule has 2 aromatic rings. The van der Waals surface area contributed by atoms with Crippen molar-refractivity contribution < 1.29 is 9.53 Å². The topological polar surface area (TPSA) is 70.6 Å². The van der Waals surface area contributed by atoms with Crippen LogP contribution in [-0.2, 0) is 4.74 Å². The van der Waals surface area contributed by atoms with E-state index in [1.807, 2.05) is 36.2 Å². The van der Waals surface area contributed by atoms with Crippen molar-refractivity contribution in [3.8, 4) is 11.3 Å². The third kappa shape index (κ3) is 3.09. The first kappa shape index (κ1) is 17.4. The van der Waals surface area contributed by atoms with Gasteiger partial charge in [0.2, 0.25) is 0 Å². The van der Waals surface area contributed by atoms with Gasteiger partial charge in [-0.05, 0) is 50.5 Å². The number of amides is 2. The third-order valence-electron chi connectivity index (χ3n) is 5.87. The molecule has 5 heterocycles. The zero-order valence-electron chi connectivity index (χ0n) is 16.1. The van der Waals surface area contributed by atoms with Crippen molar-refractivity contribution in [3.05, 3.63) is 36.2 Å². The Labute approximate surface area is 164 Å². The fourth-order valence-electron chi connectivity index (χ4n) is 4.35. The van der Waals surface area contributed by atoms with Crippen LogP contribution in [0.5, 0.6) is 0 Å². The maximum atomic E-state index is 13.2. The summed E-state index contributed by atoms with van der Waals surface area (Å²) in [5, 5.41) is 3.17. The standard InChI is InChI=1S/C21H25N5O2/c1-14-4-5-15(11-22-14)18-6-7-19-20(24-18)26(17-8-9-25(19)12-17)21(27)23-16-3-2-10-28-13-16/h4-7,11,16-17H,2-3,8-10,12-13H2,1H3,(H,23,27)/t16?,17-/m0/s1. The number of hydrogen-bond acceptors (Lipinski definition) is 5. The highest BCUT2D eigenvalue weighted by atomic mass is 16.5. The molecule has 7 nitrogen and oxygen atoms in total. The normalized spacial score (nSPS) is 23.5. The highest BCUT2D eigenvalue weighted by Crippen LogP contribution is 2.40. The highest BCUT2D eigenvalue weighted by Gasteiger charge is 2.40. The number of nitrogens with one attached hydrogen (secondary N) is 1. The zero-order valence-corrected chi connectivity index (χ0v) is 16.1. The van der Waals surface area contributed by atoms with Gasteiger partial charge < -0.3 is 15.0 Å². The minimum Gasteiger partial charge on any atom is -0.379 e. The molecular formula is C21H25N5O2. The molecule has 2 atom stereocenters. The van der Waals surface area contributed by atoms with E-state index in [1.54, 1.807) is 0 Å². The quantitative estimate of drug-likeness (QED) is 0.869. The smallest absolute Gasteiger partial charge is 0.323 e. The molecule has 1 unspecified atom stereocenters. The second kappa shape index (κ2) is 7.05. The van der Waals surface area contributed by atoms with Crippen molar-refractivity contribution in [2.24, 2.45) is 0 Å². The van der Waals surface area contributed by atoms with E-state index in [0.29, 0.717) is 6.61 Å². The van der Waals surface area contributed by atoms with E-state index in [4.69, 9.17) is 9.72 Å². The Balaban J connectivity index is 1.48. The molecule has 2 aromatic heterocycles. The van der Waals surface area contributed by atoms with Gasteiger partial charge in [-0.1, -0.05) is 0 Å². The van der Waals surface area contributed by atoms with Gasteiger partial charge in [0.25, 0.3) is 0 Å². The average molecular weight is 379 g/mol. The Morgan fingerprint density at radius 2 is 2.18 bits per heavy atom. The number of pyridine rings is 2. The minimum absolute atomic E-state index is 0.0602. The van der Waals surface area contributed by atoms with Crippen LogP contribution >= 0.6 is 0 Å². The predicted molar refractivity (Wildman–Crippen MR) is 108 cm³/mol. The second-order valence-corrected chi connectivity index (χ2v) is 7.85. The van der Waals surface area contributed by atoms with Crippen LogP contribution in [0.1, 0.15) is 25.0 Å². The molecule has 0 radical (unpaired) electrons. The van der Waals surface area contributed by atoms with Gasteiger partial charge in [-0.25, -0.2) is 9.78 Å². The Morgan fingerprint density at radius 1 is 1.25 bits per heavy atom. The third-order valence-corrected chi connectivity index (χ3v) is 5.87. The number of carbonyl (C=O) groups excluding carboxylic acids is 1. The summed E-state index contributed by atoms with van der Waals surface area (Å²) in [4.78, 5) is 26.7. The summed E-state index contributed by atoms with van der Waals surface area (Å²) in [7, 11) is 0. The summed E-state index contributed by atoms with van der Waals surface area (Å²) in [6.07, 6.45) is 4.76. The zero-order chi connectivity index (χ0) is 19.1. The van der Waals surface area contributed by atoms with Crippen LogP contribution in [-0.4, -0.2) is 54.4 Å². The summed E-state index contributed by atoms with van der Waals surface area (Å²) >= 11 is 0. The number of urea groups is 1. The van der Waals surface area contributed by atoms with E-state index in [1.165, 1.54) is 0 Å². The van der Waals surface area contributed by atoms with Crippen LogP contribution in [0.2, 0.25) is 0 Å². The Hall–Kier alpha value is -2.67. The molecule has 0 saturated carbocycles. The van der Waals surface area contributed by atoms with Crippen LogP contribution in [0.4, 0.5) is 16.3 Å². The van der Waals surface area contributed by atoms with E-state index in [-0.39, 0.29) is 18.1 Å². The molecule has 3 aliphatic rings. The lowest BCUT2D eigenvalue weighted by molar-refractivity contribution is 0.0735. The largest absolute Gasteiger partial charge is 0.379 e. The van der Waals surface area contributed by atoms with Gasteiger partial charge in [0.05, 0.1) is 30.1 Å². The minimum atomic E-state index is -0.0602. The van der Waals surface area contributed by atoms with Crippen LogP contribution in [0, 0.1) is 6.92 Å². The number of aryl methyl sites for hydroxylation is 1. The molecular weight excluding hydrogens is 354 g/mol. The fourth-order valence-corrected chi connectivity index (χ4v) is 4.35. The molecule has 1 N–H and O–H groups in total. The number of rotatable bonds is 2. The van der Waals surface area contributed by atoms with E-state index in [9.17, 15) is 4.79 Å². The average Bonchev–Trinajstić information content (AvgIpc) is 3.13. The molecule has 2 fully saturated rings. The summed E-state index contributed by atoms with van der Waals surface area (Å²) in [6.45, 7) is 5.17. The molecule has 0 aliphatic carbocycles. The van der Waals surface area contributed by atoms with Gasteiger partial charge in [-0.15, -0.1) is 0 Å². The Kier molecular flexibility index (Phi) is 4.39. The number of fused-ring (bicyclic) bond motifs is 4. The summed E-state index contributed by atoms with van der Waals surface area (Å²) in [5.74, 6) is 0.751. The maximum Gasteiger partial charge on any atom is 0.323 e. The highest BCUT2D eigenvalue weighted by molar-refractivity contribution is 5.97. The van der Waals surface area contributed by atoms with E-state index in [0.717, 1.165) is 67.4 Å². The molecule has 0 spiro atoms. The molecule has 146 valence electrons. The SMILES string of the molecule is Cc1ccc(-c2ccc3c(n2)N(C(=O)NC2CCCOC2)[C@H]2CCN3C2)cn1. The van der Waals surface area contributed by atoms with Crippen LogP contribution in [0.15, 0.2) is 30.5 Å². The summed E-state index contributed by atoms with van der Waals surface area (Å²) < 4.78 is 5.52. The van der Waals surface area contributed by atoms with Crippen LogP contribution < -0.4 is 15.1 Å². The number of ether oxygens (including phenoxy) is 1. The van der Waals surface area contributed by atoms with Crippen LogP contribution in [0.25, 0.3) is 11.3 Å². The van der Waals surface area contributed by atoms with Crippen LogP contribution in [0.3, 0.4) is 0 Å². The first-order valence-corrected chi connectivity index (χ1v) is 10.1. The summed E-state index contributed by atoms with van der Waals surface area (Å²) in [6, 6.07) is 8.30. The first-order chi connectivity index (χ1) is 13.7. The first-order valence-electron chi connectivity index (χ1n) is 10.1. The lowest BCUT2D eigenvalue weighted by atomic mass is 10.1. The van der Waals surface area contributed by atoms with Gasteiger partial charge in [0.15, 0.2) is 5.82 Å². The van der Waals surface area contributed by atoms with Crippen molar-refractivity contribution in [2.45, 2.75) is 38.3 Å². The van der Waals surface area contributed by atoms with E-state index >= 15 is 0 Å². The molecule has 7 heteroatoms. The van der Waals surface area contributed by atoms with Crippen molar-refractivity contribution in [2.75, 3.05) is 36.1 Å². The van der Waals surface area contributed by atoms with Crippen molar-refractivity contribution in [1.29, 1.82) is 0 Å². The number of nitrogens with zero attached hydrogens (tertiary/aromatic N) is 4. The molecule has 5 rings (SSSR count). The molecule has 2 saturated heterocycles. The molecule has 2 amide bonds. The Bertz CT molecular complexity index is 879. The van der Waals surface area contributed by atoms with Gasteiger partial charge >= 0.3 is 6.03 Å². The number of anilines is 2. The number of carbonyl (C=O) groups is 1. The number of hydrogen-bond donors (Lipinski definition) is 1. The van der Waals surface area contributed by atoms with E-state index < -0.39 is 0 Å². The lowest BCUT2D eigenvalue weighted by Gasteiger charge is -2.37. The molecule has 28 heavy (non-hydrogen) atoms. The van der Waals surface area contributed by atoms with Gasteiger partial charge in [-0.3, -0.25) is 9.88 Å². The molecule has 0 aromatic carbocycles. The van der Waals surface area contributed by atoms with Gasteiger partial charge in [0, 0.05) is 37.2 Å². The van der Waals surface area contributed by atoms with E-state index in [2.05, 4.69) is 21.3 Å². The van der Waals surface area contributed by atoms with Crippen molar-refractivity contribution in [3.63, 3.8) is 0 Å². The monoisotopic (exact) mass is 379 g/mol. The number of aromatic nitrogens is 2. The van der Waals surface area contributed by atoms with Crippen molar-refractivity contribution >= 4 is 17.5 Å².